The maximum atomic E-state index is 13.7. The highest BCUT2D eigenvalue weighted by Crippen LogP contribution is 2.41. The topological polar surface area (TPSA) is 99.6 Å². The number of aromatic nitrogens is 1. The number of carbonyl (C=O) groups excluding carboxylic acids is 1. The van der Waals surface area contributed by atoms with Gasteiger partial charge < -0.3 is 10.4 Å². The van der Waals surface area contributed by atoms with Gasteiger partial charge in [0, 0.05) is 36.8 Å². The maximum absolute atomic E-state index is 13.7. The second kappa shape index (κ2) is 14.4. The molecule has 1 amide bonds. The fourth-order valence-corrected chi connectivity index (χ4v) is 7.64. The predicted octanol–water partition coefficient (Wildman–Crippen LogP) is 5.42. The van der Waals surface area contributed by atoms with E-state index in [1.54, 1.807) is 30.5 Å². The first-order chi connectivity index (χ1) is 20.1. The van der Waals surface area contributed by atoms with E-state index in [9.17, 15) is 18.3 Å². The molecule has 0 unspecified atom stereocenters. The zero-order valence-electron chi connectivity index (χ0n) is 25.1. The van der Waals surface area contributed by atoms with Crippen LogP contribution in [0.4, 0.5) is 0 Å². The van der Waals surface area contributed by atoms with Crippen LogP contribution in [0.1, 0.15) is 69.2 Å². The standard InChI is InChI=1S/C34H45N3O4S/c1-26(2)24-37(42(40,41)29-17-15-27(3)16-18-29)25-31(38)30(22-28-12-6-4-7-13-28)36-33(39)23-34(19-9-5-10-20-34)32-14-8-11-21-35-32/h4,6-8,11-18,21,26,30-31,38H,5,9-10,19-20,22-25H2,1-3H3,(H,36,39)/t30-,31+/m0/s1. The lowest BCUT2D eigenvalue weighted by Crippen LogP contribution is -2.52. The van der Waals surface area contributed by atoms with Crippen LogP contribution >= 0.6 is 0 Å². The van der Waals surface area contributed by atoms with Crippen molar-refractivity contribution in [3.63, 3.8) is 0 Å². The molecule has 2 N–H and O–H groups in total. The first-order valence-corrected chi connectivity index (χ1v) is 16.5. The van der Waals surface area contributed by atoms with Gasteiger partial charge in [0.15, 0.2) is 0 Å². The average molecular weight is 592 g/mol. The summed E-state index contributed by atoms with van der Waals surface area (Å²) in [5.41, 5.74) is 2.52. The number of carbonyl (C=O) groups is 1. The monoisotopic (exact) mass is 591 g/mol. The lowest BCUT2D eigenvalue weighted by molar-refractivity contribution is -0.124. The number of nitrogens with zero attached hydrogens (tertiary/aromatic N) is 2. The Morgan fingerprint density at radius 3 is 2.24 bits per heavy atom. The lowest BCUT2D eigenvalue weighted by Gasteiger charge is -2.37. The summed E-state index contributed by atoms with van der Waals surface area (Å²) in [4.78, 5) is 18.6. The number of rotatable bonds is 13. The van der Waals surface area contributed by atoms with Crippen molar-refractivity contribution < 1.29 is 18.3 Å². The number of benzene rings is 2. The highest BCUT2D eigenvalue weighted by Gasteiger charge is 2.38. The molecule has 0 spiro atoms. The summed E-state index contributed by atoms with van der Waals surface area (Å²) in [7, 11) is -3.86. The van der Waals surface area contributed by atoms with Crippen LogP contribution in [0, 0.1) is 12.8 Å². The van der Waals surface area contributed by atoms with Gasteiger partial charge in [-0.05, 0) is 61.9 Å². The van der Waals surface area contributed by atoms with E-state index in [0.717, 1.165) is 48.9 Å². The Hall–Kier alpha value is -3.07. The molecule has 1 saturated carbocycles. The Kier molecular flexibility index (Phi) is 10.9. The highest BCUT2D eigenvalue weighted by molar-refractivity contribution is 7.89. The number of sulfonamides is 1. The Morgan fingerprint density at radius 1 is 0.952 bits per heavy atom. The van der Waals surface area contributed by atoms with Crippen LogP contribution in [-0.2, 0) is 26.7 Å². The smallest absolute Gasteiger partial charge is 0.243 e. The van der Waals surface area contributed by atoms with Crippen LogP contribution < -0.4 is 5.32 Å². The van der Waals surface area contributed by atoms with Crippen molar-refractivity contribution in [1.29, 1.82) is 0 Å². The molecule has 2 atom stereocenters. The summed E-state index contributed by atoms with van der Waals surface area (Å²) in [5, 5.41) is 14.7. The molecule has 0 bridgehead atoms. The van der Waals surface area contributed by atoms with E-state index in [-0.39, 0.29) is 41.6 Å². The fourth-order valence-electron chi connectivity index (χ4n) is 6.02. The third-order valence-electron chi connectivity index (χ3n) is 8.25. The quantitative estimate of drug-likeness (QED) is 0.277. The number of nitrogens with one attached hydrogen (secondary N) is 1. The molecule has 1 aliphatic rings. The van der Waals surface area contributed by atoms with Gasteiger partial charge in [-0.1, -0.05) is 87.2 Å². The largest absolute Gasteiger partial charge is 0.390 e. The second-order valence-corrected chi connectivity index (χ2v) is 14.1. The van der Waals surface area contributed by atoms with Crippen molar-refractivity contribution in [2.45, 2.75) is 88.2 Å². The van der Waals surface area contributed by atoms with Gasteiger partial charge in [-0.2, -0.15) is 4.31 Å². The van der Waals surface area contributed by atoms with Gasteiger partial charge in [-0.3, -0.25) is 9.78 Å². The van der Waals surface area contributed by atoms with Crippen molar-refractivity contribution in [3.8, 4) is 0 Å². The van der Waals surface area contributed by atoms with Crippen LogP contribution in [-0.4, -0.2) is 54.0 Å². The van der Waals surface area contributed by atoms with Crippen LogP contribution in [0.2, 0.25) is 0 Å². The minimum atomic E-state index is -3.86. The zero-order chi connectivity index (χ0) is 30.2. The van der Waals surface area contributed by atoms with Gasteiger partial charge >= 0.3 is 0 Å². The summed E-state index contributed by atoms with van der Waals surface area (Å²) in [5.74, 6) is -0.108. The van der Waals surface area contributed by atoms with E-state index in [1.807, 2.05) is 69.3 Å². The van der Waals surface area contributed by atoms with Crippen molar-refractivity contribution in [2.75, 3.05) is 13.1 Å². The van der Waals surface area contributed by atoms with Crippen molar-refractivity contribution >= 4 is 15.9 Å². The van der Waals surface area contributed by atoms with Gasteiger partial charge in [0.1, 0.15) is 0 Å². The Labute approximate surface area is 251 Å². The van der Waals surface area contributed by atoms with Crippen molar-refractivity contribution in [2.24, 2.45) is 5.92 Å². The lowest BCUT2D eigenvalue weighted by atomic mass is 9.69. The molecular weight excluding hydrogens is 546 g/mol. The number of aliphatic hydroxyl groups is 1. The fraction of sp³-hybridized carbons (Fsp3) is 0.471. The highest BCUT2D eigenvalue weighted by atomic mass is 32.2. The van der Waals surface area contributed by atoms with E-state index in [0.29, 0.717) is 6.42 Å². The van der Waals surface area contributed by atoms with Crippen LogP contribution in [0.3, 0.4) is 0 Å². The third kappa shape index (κ3) is 8.27. The minimum Gasteiger partial charge on any atom is -0.390 e. The summed E-state index contributed by atoms with van der Waals surface area (Å²) in [6.07, 6.45) is 6.33. The van der Waals surface area contributed by atoms with E-state index in [4.69, 9.17) is 0 Å². The zero-order valence-corrected chi connectivity index (χ0v) is 25.9. The molecule has 4 rings (SSSR count). The van der Waals surface area contributed by atoms with Gasteiger partial charge in [0.25, 0.3) is 0 Å². The molecule has 8 heteroatoms. The second-order valence-electron chi connectivity index (χ2n) is 12.2. The normalized spacial score (nSPS) is 16.7. The average Bonchev–Trinajstić information content (AvgIpc) is 2.98. The Balaban J connectivity index is 1.58. The number of amides is 1. The maximum Gasteiger partial charge on any atom is 0.243 e. The number of pyridine rings is 1. The number of hydrogen-bond donors (Lipinski definition) is 2. The molecule has 1 aromatic heterocycles. The van der Waals surface area contributed by atoms with Crippen LogP contribution in [0.15, 0.2) is 83.9 Å². The summed E-state index contributed by atoms with van der Waals surface area (Å²) in [6, 6.07) is 21.6. The molecular formula is C34H45N3O4S. The van der Waals surface area contributed by atoms with Crippen molar-refractivity contribution in [1.82, 2.24) is 14.6 Å². The first-order valence-electron chi connectivity index (χ1n) is 15.1. The van der Waals surface area contributed by atoms with Gasteiger partial charge in [0.2, 0.25) is 15.9 Å². The third-order valence-corrected chi connectivity index (χ3v) is 10.1. The van der Waals surface area contributed by atoms with E-state index < -0.39 is 22.2 Å². The predicted molar refractivity (Wildman–Crippen MR) is 166 cm³/mol. The molecule has 0 radical (unpaired) electrons. The van der Waals surface area contributed by atoms with Crippen molar-refractivity contribution in [3.05, 3.63) is 95.8 Å². The Bertz CT molecular complexity index is 1370. The van der Waals surface area contributed by atoms with Gasteiger partial charge in [-0.25, -0.2) is 8.42 Å². The SMILES string of the molecule is Cc1ccc(S(=O)(=O)N(CC(C)C)C[C@@H](O)[C@H](Cc2ccccc2)NC(=O)CC2(c3ccccn3)CCCCC2)cc1. The summed E-state index contributed by atoms with van der Waals surface area (Å²) in [6.45, 7) is 5.94. The first kappa shape index (κ1) is 31.9. The molecule has 1 aliphatic carbocycles. The number of aryl methyl sites for hydroxylation is 1. The molecule has 2 aromatic carbocycles. The molecule has 42 heavy (non-hydrogen) atoms. The number of aliphatic hydroxyl groups excluding tert-OH is 1. The Morgan fingerprint density at radius 2 is 1.62 bits per heavy atom. The van der Waals surface area contributed by atoms with Crippen LogP contribution in [0.25, 0.3) is 0 Å². The molecule has 0 saturated heterocycles. The summed E-state index contributed by atoms with van der Waals surface area (Å²) >= 11 is 0. The van der Waals surface area contributed by atoms with E-state index in [1.165, 1.54) is 4.31 Å². The summed E-state index contributed by atoms with van der Waals surface area (Å²) < 4.78 is 28.8. The molecule has 1 fully saturated rings. The number of hydrogen-bond acceptors (Lipinski definition) is 5. The molecule has 0 aliphatic heterocycles. The molecule has 1 heterocycles. The van der Waals surface area contributed by atoms with Gasteiger partial charge in [-0.15, -0.1) is 0 Å². The minimum absolute atomic E-state index is 0.0455. The van der Waals surface area contributed by atoms with E-state index in [2.05, 4.69) is 10.3 Å². The molecule has 7 nitrogen and oxygen atoms in total. The van der Waals surface area contributed by atoms with Crippen LogP contribution in [0.5, 0.6) is 0 Å². The van der Waals surface area contributed by atoms with Gasteiger partial charge in [0.05, 0.1) is 17.0 Å². The van der Waals surface area contributed by atoms with E-state index >= 15 is 0 Å². The molecule has 3 aromatic rings. The molecule has 226 valence electrons.